The van der Waals surface area contributed by atoms with E-state index in [2.05, 4.69) is 10.6 Å². The highest BCUT2D eigenvalue weighted by Gasteiger charge is 2.11. The molecule has 7 nitrogen and oxygen atoms in total. The summed E-state index contributed by atoms with van der Waals surface area (Å²) in [4.78, 5) is 35.6. The summed E-state index contributed by atoms with van der Waals surface area (Å²) in [6.07, 6.45) is -0.180. The van der Waals surface area contributed by atoms with E-state index in [1.807, 2.05) is 36.4 Å². The summed E-state index contributed by atoms with van der Waals surface area (Å²) >= 11 is 0. The van der Waals surface area contributed by atoms with Gasteiger partial charge in [-0.1, -0.05) is 36.4 Å². The third-order valence-electron chi connectivity index (χ3n) is 4.09. The molecule has 158 valence electrons. The van der Waals surface area contributed by atoms with E-state index in [0.717, 1.165) is 5.75 Å². The van der Waals surface area contributed by atoms with E-state index in [1.165, 1.54) is 0 Å². The van der Waals surface area contributed by atoms with Crippen LogP contribution in [-0.2, 0) is 19.1 Å². The molecule has 0 bridgehead atoms. The van der Waals surface area contributed by atoms with Gasteiger partial charge in [0.1, 0.15) is 11.5 Å². The van der Waals surface area contributed by atoms with Crippen LogP contribution < -0.4 is 15.4 Å². The van der Waals surface area contributed by atoms with Gasteiger partial charge in [-0.05, 0) is 48.5 Å². The number of rotatable bonds is 9. The molecule has 0 radical (unpaired) electrons. The molecular weight excluding hydrogens is 396 g/mol. The van der Waals surface area contributed by atoms with E-state index in [1.54, 1.807) is 48.5 Å². The molecule has 0 heterocycles. The van der Waals surface area contributed by atoms with Gasteiger partial charge in [-0.25, -0.2) is 0 Å². The van der Waals surface area contributed by atoms with Crippen LogP contribution in [0.2, 0.25) is 0 Å². The second-order valence-electron chi connectivity index (χ2n) is 6.56. The summed E-state index contributed by atoms with van der Waals surface area (Å²) < 4.78 is 10.6. The molecule has 0 atom stereocenters. The fourth-order valence-corrected chi connectivity index (χ4v) is 2.61. The van der Waals surface area contributed by atoms with Crippen LogP contribution in [-0.4, -0.2) is 24.4 Å². The third-order valence-corrected chi connectivity index (χ3v) is 4.09. The molecule has 2 N–H and O–H groups in total. The number of carbonyl (C=O) groups excluding carboxylic acids is 3. The molecule has 2 amide bonds. The first-order chi connectivity index (χ1) is 15.1. The predicted octanol–water partition coefficient (Wildman–Crippen LogP) is 4.38. The van der Waals surface area contributed by atoms with Gasteiger partial charge in [0.25, 0.3) is 5.91 Å². The normalized spacial score (nSPS) is 10.1. The number of ether oxygens (including phenoxy) is 2. The number of esters is 1. The highest BCUT2D eigenvalue weighted by molar-refractivity contribution is 5.94. The fourth-order valence-electron chi connectivity index (χ4n) is 2.61. The molecule has 0 aromatic heterocycles. The van der Waals surface area contributed by atoms with E-state index in [0.29, 0.717) is 17.1 Å². The van der Waals surface area contributed by atoms with Crippen LogP contribution in [0.1, 0.15) is 12.8 Å². The zero-order valence-electron chi connectivity index (χ0n) is 16.7. The van der Waals surface area contributed by atoms with Crippen molar-refractivity contribution in [3.8, 4) is 11.5 Å². The molecule has 7 heteroatoms. The van der Waals surface area contributed by atoms with Gasteiger partial charge >= 0.3 is 5.97 Å². The van der Waals surface area contributed by atoms with Crippen LogP contribution in [0.15, 0.2) is 84.9 Å². The Bertz CT molecular complexity index is 1010. The number of para-hydroxylation sites is 2. The summed E-state index contributed by atoms with van der Waals surface area (Å²) in [6.45, 7) is -0.405. The van der Waals surface area contributed by atoms with Crippen molar-refractivity contribution < 1.29 is 23.9 Å². The molecule has 0 saturated carbocycles. The molecular formula is C24H22N2O5. The number of benzene rings is 3. The Morgan fingerprint density at radius 1 is 0.613 bits per heavy atom. The van der Waals surface area contributed by atoms with Crippen molar-refractivity contribution in [3.63, 3.8) is 0 Å². The topological polar surface area (TPSA) is 93.7 Å². The molecule has 3 aromatic carbocycles. The minimum absolute atomic E-state index is 0.0542. The smallest absolute Gasteiger partial charge is 0.306 e. The summed E-state index contributed by atoms with van der Waals surface area (Å²) in [7, 11) is 0. The molecule has 3 aromatic rings. The maximum Gasteiger partial charge on any atom is 0.306 e. The molecule has 0 fully saturated rings. The standard InChI is InChI=1S/C24H22N2O5/c27-22(15-16-24(29)30-17-23(28)26-18-7-3-1-4-8-18)25-19-11-13-21(14-12-19)31-20-9-5-2-6-10-20/h1-14H,15-17H2,(H,25,27)(H,26,28). The van der Waals surface area contributed by atoms with Crippen molar-refractivity contribution in [2.75, 3.05) is 17.2 Å². The molecule has 0 spiro atoms. The molecule has 0 saturated heterocycles. The van der Waals surface area contributed by atoms with Gasteiger partial charge in [0.15, 0.2) is 6.61 Å². The van der Waals surface area contributed by atoms with Gasteiger partial charge in [0.2, 0.25) is 5.91 Å². The van der Waals surface area contributed by atoms with Crippen molar-refractivity contribution in [2.24, 2.45) is 0 Å². The second-order valence-corrected chi connectivity index (χ2v) is 6.56. The highest BCUT2D eigenvalue weighted by Crippen LogP contribution is 2.22. The average Bonchev–Trinajstić information content (AvgIpc) is 2.79. The minimum Gasteiger partial charge on any atom is -0.457 e. The number of amides is 2. The van der Waals surface area contributed by atoms with E-state index in [-0.39, 0.29) is 18.7 Å². The van der Waals surface area contributed by atoms with Crippen LogP contribution in [0.4, 0.5) is 11.4 Å². The Morgan fingerprint density at radius 3 is 1.84 bits per heavy atom. The third kappa shape index (κ3) is 7.66. The summed E-state index contributed by atoms with van der Waals surface area (Å²) in [5, 5.41) is 5.31. The van der Waals surface area contributed by atoms with Crippen LogP contribution in [0.5, 0.6) is 11.5 Å². The van der Waals surface area contributed by atoms with Crippen molar-refractivity contribution in [2.45, 2.75) is 12.8 Å². The van der Waals surface area contributed by atoms with Crippen LogP contribution in [0.25, 0.3) is 0 Å². The fraction of sp³-hybridized carbons (Fsp3) is 0.125. The Morgan fingerprint density at radius 2 is 1.16 bits per heavy atom. The Kier molecular flexibility index (Phi) is 7.77. The quantitative estimate of drug-likeness (QED) is 0.503. The van der Waals surface area contributed by atoms with Crippen molar-refractivity contribution in [3.05, 3.63) is 84.9 Å². The number of anilines is 2. The van der Waals surface area contributed by atoms with E-state index in [4.69, 9.17) is 9.47 Å². The number of hydrogen-bond donors (Lipinski definition) is 2. The minimum atomic E-state index is -0.620. The summed E-state index contributed by atoms with van der Waals surface area (Å²) in [5.41, 5.74) is 1.20. The summed E-state index contributed by atoms with van der Waals surface area (Å²) in [5.74, 6) is -0.0361. The zero-order valence-corrected chi connectivity index (χ0v) is 16.7. The lowest BCUT2D eigenvalue weighted by Gasteiger charge is -2.08. The molecule has 31 heavy (non-hydrogen) atoms. The van der Waals surface area contributed by atoms with Crippen molar-refractivity contribution >= 4 is 29.2 Å². The summed E-state index contributed by atoms with van der Waals surface area (Å²) in [6, 6.07) is 25.1. The van der Waals surface area contributed by atoms with Gasteiger partial charge in [0.05, 0.1) is 6.42 Å². The van der Waals surface area contributed by atoms with E-state index < -0.39 is 18.5 Å². The van der Waals surface area contributed by atoms with Gasteiger partial charge in [-0.15, -0.1) is 0 Å². The Balaban J connectivity index is 1.35. The van der Waals surface area contributed by atoms with Gasteiger partial charge in [-0.2, -0.15) is 0 Å². The van der Waals surface area contributed by atoms with E-state index in [9.17, 15) is 14.4 Å². The van der Waals surface area contributed by atoms with Crippen molar-refractivity contribution in [1.82, 2.24) is 0 Å². The number of nitrogens with one attached hydrogen (secondary N) is 2. The predicted molar refractivity (Wildman–Crippen MR) is 117 cm³/mol. The lowest BCUT2D eigenvalue weighted by molar-refractivity contribution is -0.147. The molecule has 0 aliphatic rings. The molecule has 3 rings (SSSR count). The largest absolute Gasteiger partial charge is 0.457 e. The first-order valence-corrected chi connectivity index (χ1v) is 9.72. The maximum atomic E-state index is 12.0. The van der Waals surface area contributed by atoms with Crippen molar-refractivity contribution in [1.29, 1.82) is 0 Å². The zero-order chi connectivity index (χ0) is 21.9. The molecule has 0 aliphatic heterocycles. The number of hydrogen-bond acceptors (Lipinski definition) is 5. The SMILES string of the molecule is O=C(CCC(=O)OCC(=O)Nc1ccccc1)Nc1ccc(Oc2ccccc2)cc1. The Labute approximate surface area is 180 Å². The first-order valence-electron chi connectivity index (χ1n) is 9.72. The second kappa shape index (κ2) is 11.2. The van der Waals surface area contributed by atoms with E-state index >= 15 is 0 Å². The first kappa shape index (κ1) is 21.6. The highest BCUT2D eigenvalue weighted by atomic mass is 16.5. The van der Waals surface area contributed by atoms with Crippen LogP contribution >= 0.6 is 0 Å². The monoisotopic (exact) mass is 418 g/mol. The lowest BCUT2D eigenvalue weighted by Crippen LogP contribution is -2.21. The number of carbonyl (C=O) groups is 3. The van der Waals surface area contributed by atoms with Gasteiger partial charge in [0, 0.05) is 17.8 Å². The molecule has 0 unspecified atom stereocenters. The van der Waals surface area contributed by atoms with Gasteiger partial charge < -0.3 is 20.1 Å². The van der Waals surface area contributed by atoms with Gasteiger partial charge in [-0.3, -0.25) is 14.4 Å². The molecule has 0 aliphatic carbocycles. The van der Waals surface area contributed by atoms with Crippen LogP contribution in [0, 0.1) is 0 Å². The average molecular weight is 418 g/mol. The Hall–Kier alpha value is -4.13. The maximum absolute atomic E-state index is 12.0. The lowest BCUT2D eigenvalue weighted by atomic mass is 10.2. The van der Waals surface area contributed by atoms with Crippen LogP contribution in [0.3, 0.4) is 0 Å².